The molecular weight excluding hydrogens is 364 g/mol. The number of aromatic nitrogens is 3. The van der Waals surface area contributed by atoms with E-state index in [2.05, 4.69) is 10.1 Å². The molecule has 0 N–H and O–H groups in total. The van der Waals surface area contributed by atoms with Crippen LogP contribution in [-0.4, -0.2) is 40.2 Å². The van der Waals surface area contributed by atoms with Crippen LogP contribution in [0.5, 0.6) is 0 Å². The fourth-order valence-electron chi connectivity index (χ4n) is 2.84. The average molecular weight is 384 g/mol. The number of esters is 1. The maximum atomic E-state index is 12.9. The van der Waals surface area contributed by atoms with Crippen molar-refractivity contribution in [3.63, 3.8) is 0 Å². The molecule has 0 saturated carbocycles. The smallest absolute Gasteiger partial charge is 0.361 e. The number of carbonyl (C=O) groups excluding carboxylic acids is 2. The van der Waals surface area contributed by atoms with E-state index < -0.39 is 17.6 Å². The molecule has 9 heteroatoms. The summed E-state index contributed by atoms with van der Waals surface area (Å²) in [7, 11) is 1.63. The summed E-state index contributed by atoms with van der Waals surface area (Å²) in [6.07, 6.45) is 1.21. The number of aryl methyl sites for hydroxylation is 1. The first-order valence-corrected chi connectivity index (χ1v) is 8.73. The zero-order valence-electron chi connectivity index (χ0n) is 16.0. The molecule has 1 amide bonds. The van der Waals surface area contributed by atoms with Crippen LogP contribution >= 0.6 is 0 Å². The first kappa shape index (κ1) is 19.3. The normalized spacial score (nSPS) is 12.0. The van der Waals surface area contributed by atoms with Crippen molar-refractivity contribution in [2.24, 2.45) is 0 Å². The number of benzene rings is 1. The van der Waals surface area contributed by atoms with E-state index in [9.17, 15) is 14.4 Å². The number of likely N-dealkylation sites (N-methyl/N-ethyl adjacent to an activating group) is 1. The lowest BCUT2D eigenvalue weighted by Gasteiger charge is -2.23. The van der Waals surface area contributed by atoms with Crippen molar-refractivity contribution in [1.29, 1.82) is 0 Å². The third kappa shape index (κ3) is 3.38. The molecule has 3 aromatic rings. The Morgan fingerprint density at radius 1 is 1.36 bits per heavy atom. The minimum atomic E-state index is -0.861. The maximum Gasteiger partial charge on any atom is 0.361 e. The third-order valence-corrected chi connectivity index (χ3v) is 4.38. The second-order valence-electron chi connectivity index (χ2n) is 6.30. The van der Waals surface area contributed by atoms with Gasteiger partial charge in [0.05, 0.1) is 6.61 Å². The molecule has 0 bridgehead atoms. The summed E-state index contributed by atoms with van der Waals surface area (Å²) in [5.41, 5.74) is 0.768. The van der Waals surface area contributed by atoms with E-state index >= 15 is 0 Å². The fourth-order valence-corrected chi connectivity index (χ4v) is 2.84. The summed E-state index contributed by atoms with van der Waals surface area (Å²) in [4.78, 5) is 43.3. The van der Waals surface area contributed by atoms with Gasteiger partial charge in [-0.3, -0.25) is 14.2 Å². The van der Waals surface area contributed by atoms with Crippen LogP contribution in [0.4, 0.5) is 5.69 Å². The molecule has 3 rings (SSSR count). The van der Waals surface area contributed by atoms with Gasteiger partial charge in [-0.25, -0.2) is 9.78 Å². The SMILES string of the molecule is CCOC(=O)c1noc2ncn(C(C)C(=O)N(C)c3cccc(C)c3)c(=O)c12. The molecule has 1 unspecified atom stereocenters. The number of fused-ring (bicyclic) bond motifs is 1. The lowest BCUT2D eigenvalue weighted by atomic mass is 10.2. The van der Waals surface area contributed by atoms with Crippen molar-refractivity contribution in [2.45, 2.75) is 26.8 Å². The lowest BCUT2D eigenvalue weighted by molar-refractivity contribution is -0.121. The second kappa shape index (κ2) is 7.63. The first-order valence-electron chi connectivity index (χ1n) is 8.73. The van der Waals surface area contributed by atoms with Gasteiger partial charge in [0.1, 0.15) is 17.8 Å². The molecule has 28 heavy (non-hydrogen) atoms. The van der Waals surface area contributed by atoms with Gasteiger partial charge in [0.15, 0.2) is 0 Å². The molecule has 146 valence electrons. The Balaban J connectivity index is 1.99. The van der Waals surface area contributed by atoms with Crippen LogP contribution in [0, 0.1) is 6.92 Å². The van der Waals surface area contributed by atoms with Gasteiger partial charge in [-0.2, -0.15) is 0 Å². The van der Waals surface area contributed by atoms with Gasteiger partial charge in [-0.05, 0) is 38.5 Å². The number of carbonyl (C=O) groups is 2. The molecule has 0 aliphatic carbocycles. The molecule has 0 aliphatic rings. The molecule has 0 radical (unpaired) electrons. The highest BCUT2D eigenvalue weighted by atomic mass is 16.5. The molecule has 2 heterocycles. The van der Waals surface area contributed by atoms with Crippen molar-refractivity contribution in [3.05, 3.63) is 52.2 Å². The van der Waals surface area contributed by atoms with Gasteiger partial charge in [-0.1, -0.05) is 17.3 Å². The van der Waals surface area contributed by atoms with Crippen LogP contribution in [-0.2, 0) is 9.53 Å². The number of nitrogens with zero attached hydrogens (tertiary/aromatic N) is 4. The predicted octanol–water partition coefficient (Wildman–Crippen LogP) is 2.09. The van der Waals surface area contributed by atoms with Crippen LogP contribution < -0.4 is 10.5 Å². The molecule has 0 spiro atoms. The molecular formula is C19H20N4O5. The molecule has 1 aromatic carbocycles. The Bertz CT molecular complexity index is 1100. The highest BCUT2D eigenvalue weighted by Gasteiger charge is 2.26. The van der Waals surface area contributed by atoms with E-state index in [1.54, 1.807) is 27.0 Å². The van der Waals surface area contributed by atoms with E-state index in [0.29, 0.717) is 5.69 Å². The van der Waals surface area contributed by atoms with Crippen molar-refractivity contribution in [2.75, 3.05) is 18.6 Å². The van der Waals surface area contributed by atoms with Gasteiger partial charge in [0.2, 0.25) is 11.6 Å². The van der Waals surface area contributed by atoms with E-state index in [-0.39, 0.29) is 29.3 Å². The zero-order chi connectivity index (χ0) is 20.4. The quantitative estimate of drug-likeness (QED) is 0.620. The van der Waals surface area contributed by atoms with E-state index in [4.69, 9.17) is 9.26 Å². The number of hydrogen-bond acceptors (Lipinski definition) is 7. The van der Waals surface area contributed by atoms with Crippen molar-refractivity contribution >= 4 is 28.7 Å². The van der Waals surface area contributed by atoms with E-state index in [1.807, 2.05) is 25.1 Å². The molecule has 0 fully saturated rings. The van der Waals surface area contributed by atoms with Crippen molar-refractivity contribution in [3.8, 4) is 0 Å². The summed E-state index contributed by atoms with van der Waals surface area (Å²) in [6.45, 7) is 5.27. The van der Waals surface area contributed by atoms with E-state index in [1.165, 1.54) is 11.2 Å². The fraction of sp³-hybridized carbons (Fsp3) is 0.316. The average Bonchev–Trinajstić information content (AvgIpc) is 3.12. The standard InChI is InChI=1S/C19H20N4O5/c1-5-27-19(26)15-14-16(28-21-15)20-10-23(18(14)25)12(3)17(24)22(4)13-8-6-7-11(2)9-13/h6-10,12H,5H2,1-4H3. The summed E-state index contributed by atoms with van der Waals surface area (Å²) < 4.78 is 11.0. The van der Waals surface area contributed by atoms with Gasteiger partial charge in [0, 0.05) is 12.7 Å². The van der Waals surface area contributed by atoms with Gasteiger partial charge in [0.25, 0.3) is 11.3 Å². The zero-order valence-corrected chi connectivity index (χ0v) is 16.0. The highest BCUT2D eigenvalue weighted by Crippen LogP contribution is 2.19. The monoisotopic (exact) mass is 384 g/mol. The topological polar surface area (TPSA) is 108 Å². The lowest BCUT2D eigenvalue weighted by Crippen LogP contribution is -2.37. The first-order chi connectivity index (χ1) is 13.3. The Hall–Kier alpha value is -3.49. The van der Waals surface area contributed by atoms with Crippen LogP contribution in [0.2, 0.25) is 0 Å². The van der Waals surface area contributed by atoms with Crippen LogP contribution in [0.25, 0.3) is 11.1 Å². The third-order valence-electron chi connectivity index (χ3n) is 4.38. The summed E-state index contributed by atoms with van der Waals surface area (Å²) in [5.74, 6) is -1.10. The second-order valence-corrected chi connectivity index (χ2v) is 6.30. The van der Waals surface area contributed by atoms with Crippen molar-refractivity contribution in [1.82, 2.24) is 14.7 Å². The maximum absolute atomic E-state index is 12.9. The van der Waals surface area contributed by atoms with Crippen LogP contribution in [0.1, 0.15) is 35.9 Å². The minimum absolute atomic E-state index is 0.0870. The Morgan fingerprint density at radius 3 is 2.79 bits per heavy atom. The molecule has 2 aromatic heterocycles. The Morgan fingerprint density at radius 2 is 2.11 bits per heavy atom. The summed E-state index contributed by atoms with van der Waals surface area (Å²) in [5, 5.41) is 3.48. The van der Waals surface area contributed by atoms with Gasteiger partial charge >= 0.3 is 5.97 Å². The Kier molecular flexibility index (Phi) is 5.25. The largest absolute Gasteiger partial charge is 0.461 e. The van der Waals surface area contributed by atoms with E-state index in [0.717, 1.165) is 10.1 Å². The molecule has 9 nitrogen and oxygen atoms in total. The van der Waals surface area contributed by atoms with Crippen LogP contribution in [0.3, 0.4) is 0 Å². The Labute approximate surface area is 160 Å². The molecule has 0 aliphatic heterocycles. The van der Waals surface area contributed by atoms with Gasteiger partial charge in [-0.15, -0.1) is 0 Å². The predicted molar refractivity (Wildman–Crippen MR) is 101 cm³/mol. The number of rotatable bonds is 5. The van der Waals surface area contributed by atoms with Gasteiger partial charge < -0.3 is 14.2 Å². The number of ether oxygens (including phenoxy) is 1. The van der Waals surface area contributed by atoms with Crippen molar-refractivity contribution < 1.29 is 18.8 Å². The molecule has 1 atom stereocenters. The molecule has 0 saturated heterocycles. The summed E-state index contributed by atoms with van der Waals surface area (Å²) >= 11 is 0. The number of anilines is 1. The van der Waals surface area contributed by atoms with Crippen LogP contribution in [0.15, 0.2) is 39.9 Å². The summed E-state index contributed by atoms with van der Waals surface area (Å²) in [6, 6.07) is 6.59. The highest BCUT2D eigenvalue weighted by molar-refractivity contribution is 6.00. The number of hydrogen-bond donors (Lipinski definition) is 0. The number of amides is 1. The minimum Gasteiger partial charge on any atom is -0.461 e.